The summed E-state index contributed by atoms with van der Waals surface area (Å²) in [6, 6.07) is 11.9. The van der Waals surface area contributed by atoms with E-state index in [1.54, 1.807) is 11.3 Å². The van der Waals surface area contributed by atoms with Gasteiger partial charge in [0.15, 0.2) is 5.13 Å². The Labute approximate surface area is 124 Å². The summed E-state index contributed by atoms with van der Waals surface area (Å²) in [5.74, 6) is -0.0302. The van der Waals surface area contributed by atoms with Gasteiger partial charge in [0.05, 0.1) is 12.1 Å². The number of amides is 1. The van der Waals surface area contributed by atoms with Crippen LogP contribution in [0.3, 0.4) is 0 Å². The van der Waals surface area contributed by atoms with Crippen molar-refractivity contribution in [3.63, 3.8) is 0 Å². The van der Waals surface area contributed by atoms with Gasteiger partial charge in [-0.2, -0.15) is 11.3 Å². The van der Waals surface area contributed by atoms with Gasteiger partial charge in [0, 0.05) is 10.9 Å². The van der Waals surface area contributed by atoms with Crippen LogP contribution in [0.2, 0.25) is 0 Å². The predicted octanol–water partition coefficient (Wildman–Crippen LogP) is 4.05. The minimum atomic E-state index is -0.0302. The third-order valence-electron chi connectivity index (χ3n) is 2.76. The Bertz CT molecular complexity index is 690. The van der Waals surface area contributed by atoms with Crippen molar-refractivity contribution >= 4 is 33.7 Å². The Morgan fingerprint density at radius 1 is 1.15 bits per heavy atom. The van der Waals surface area contributed by atoms with Gasteiger partial charge < -0.3 is 5.32 Å². The Morgan fingerprint density at radius 3 is 2.75 bits per heavy atom. The van der Waals surface area contributed by atoms with Crippen LogP contribution in [-0.2, 0) is 11.2 Å². The van der Waals surface area contributed by atoms with E-state index in [9.17, 15) is 4.79 Å². The molecule has 0 fully saturated rings. The zero-order chi connectivity index (χ0) is 13.8. The van der Waals surface area contributed by atoms with E-state index < -0.39 is 0 Å². The summed E-state index contributed by atoms with van der Waals surface area (Å²) >= 11 is 3.04. The van der Waals surface area contributed by atoms with Crippen molar-refractivity contribution in [2.24, 2.45) is 0 Å². The number of benzene rings is 1. The number of aromatic nitrogens is 1. The number of nitrogens with one attached hydrogen (secondary N) is 1. The summed E-state index contributed by atoms with van der Waals surface area (Å²) in [7, 11) is 0. The maximum atomic E-state index is 11.9. The predicted molar refractivity (Wildman–Crippen MR) is 84.2 cm³/mol. The van der Waals surface area contributed by atoms with Crippen LogP contribution in [0.4, 0.5) is 5.13 Å². The number of thiazole rings is 1. The second kappa shape index (κ2) is 5.98. The number of rotatable bonds is 4. The standard InChI is InChI=1S/C15H12N2OS2/c18-14(8-11-6-7-19-9-11)17-15-16-13(10-20-15)12-4-2-1-3-5-12/h1-7,9-10H,8H2,(H,16,17,18). The van der Waals surface area contributed by atoms with Crippen molar-refractivity contribution < 1.29 is 4.79 Å². The number of carbonyl (C=O) groups excluding carboxylic acids is 1. The molecular formula is C15H12N2OS2. The fraction of sp³-hybridized carbons (Fsp3) is 0.0667. The van der Waals surface area contributed by atoms with E-state index in [4.69, 9.17) is 0 Å². The monoisotopic (exact) mass is 300 g/mol. The van der Waals surface area contributed by atoms with Crippen LogP contribution in [-0.4, -0.2) is 10.9 Å². The number of hydrogen-bond acceptors (Lipinski definition) is 4. The molecule has 1 N–H and O–H groups in total. The Morgan fingerprint density at radius 2 is 2.00 bits per heavy atom. The molecule has 2 aromatic heterocycles. The van der Waals surface area contributed by atoms with Crippen molar-refractivity contribution in [2.75, 3.05) is 5.32 Å². The fourth-order valence-corrected chi connectivity index (χ4v) is 3.22. The van der Waals surface area contributed by atoms with Gasteiger partial charge in [-0.05, 0) is 22.4 Å². The van der Waals surface area contributed by atoms with E-state index >= 15 is 0 Å². The summed E-state index contributed by atoms with van der Waals surface area (Å²) < 4.78 is 0. The highest BCUT2D eigenvalue weighted by Crippen LogP contribution is 2.24. The quantitative estimate of drug-likeness (QED) is 0.789. The molecule has 1 aromatic carbocycles. The number of nitrogens with zero attached hydrogens (tertiary/aromatic N) is 1. The molecule has 20 heavy (non-hydrogen) atoms. The van der Waals surface area contributed by atoms with Gasteiger partial charge in [-0.15, -0.1) is 11.3 Å². The summed E-state index contributed by atoms with van der Waals surface area (Å²) in [4.78, 5) is 16.3. The van der Waals surface area contributed by atoms with Gasteiger partial charge in [-0.1, -0.05) is 30.3 Å². The van der Waals surface area contributed by atoms with Crippen LogP contribution in [0, 0.1) is 0 Å². The fourth-order valence-electron chi connectivity index (χ4n) is 1.81. The van der Waals surface area contributed by atoms with Crippen LogP contribution in [0.15, 0.2) is 52.5 Å². The van der Waals surface area contributed by atoms with E-state index in [0.717, 1.165) is 16.8 Å². The van der Waals surface area contributed by atoms with Crippen molar-refractivity contribution in [3.8, 4) is 11.3 Å². The lowest BCUT2D eigenvalue weighted by molar-refractivity contribution is -0.115. The molecule has 0 saturated carbocycles. The van der Waals surface area contributed by atoms with Crippen LogP contribution in [0.5, 0.6) is 0 Å². The first-order chi connectivity index (χ1) is 9.81. The molecule has 0 aliphatic rings. The van der Waals surface area contributed by atoms with Crippen molar-refractivity contribution in [1.29, 1.82) is 0 Å². The molecule has 0 unspecified atom stereocenters. The first-order valence-corrected chi connectivity index (χ1v) is 7.95. The molecule has 0 atom stereocenters. The normalized spacial score (nSPS) is 10.4. The molecule has 100 valence electrons. The third kappa shape index (κ3) is 3.12. The largest absolute Gasteiger partial charge is 0.302 e. The molecule has 0 aliphatic heterocycles. The Hall–Kier alpha value is -1.98. The number of thiophene rings is 1. The van der Waals surface area contributed by atoms with Gasteiger partial charge in [-0.3, -0.25) is 4.79 Å². The number of anilines is 1. The van der Waals surface area contributed by atoms with E-state index in [1.807, 2.05) is 52.5 Å². The highest BCUT2D eigenvalue weighted by molar-refractivity contribution is 7.14. The molecule has 3 nitrogen and oxygen atoms in total. The molecule has 2 heterocycles. The van der Waals surface area contributed by atoms with Crippen LogP contribution in [0.1, 0.15) is 5.56 Å². The highest BCUT2D eigenvalue weighted by Gasteiger charge is 2.08. The smallest absolute Gasteiger partial charge is 0.230 e. The molecule has 1 amide bonds. The summed E-state index contributed by atoms with van der Waals surface area (Å²) in [5, 5.41) is 9.39. The topological polar surface area (TPSA) is 42.0 Å². The molecule has 0 aliphatic carbocycles. The zero-order valence-corrected chi connectivity index (χ0v) is 12.2. The lowest BCUT2D eigenvalue weighted by Crippen LogP contribution is -2.13. The van der Waals surface area contributed by atoms with Crippen LogP contribution < -0.4 is 5.32 Å². The van der Waals surface area contributed by atoms with Crippen molar-refractivity contribution in [1.82, 2.24) is 4.98 Å². The van der Waals surface area contributed by atoms with Crippen LogP contribution in [0.25, 0.3) is 11.3 Å². The molecule has 0 radical (unpaired) electrons. The van der Waals surface area contributed by atoms with Crippen molar-refractivity contribution in [3.05, 3.63) is 58.1 Å². The second-order valence-electron chi connectivity index (χ2n) is 4.26. The minimum Gasteiger partial charge on any atom is -0.302 e. The maximum absolute atomic E-state index is 11.9. The van der Waals surface area contributed by atoms with E-state index in [2.05, 4.69) is 10.3 Å². The van der Waals surface area contributed by atoms with Gasteiger partial charge in [-0.25, -0.2) is 4.98 Å². The number of carbonyl (C=O) groups is 1. The van der Waals surface area contributed by atoms with Crippen molar-refractivity contribution in [2.45, 2.75) is 6.42 Å². The first kappa shape index (κ1) is 13.0. The van der Waals surface area contributed by atoms with E-state index in [1.165, 1.54) is 11.3 Å². The van der Waals surface area contributed by atoms with E-state index in [0.29, 0.717) is 11.6 Å². The second-order valence-corrected chi connectivity index (χ2v) is 5.90. The Kier molecular flexibility index (Phi) is 3.90. The molecule has 0 bridgehead atoms. The summed E-state index contributed by atoms with van der Waals surface area (Å²) in [6.07, 6.45) is 0.393. The van der Waals surface area contributed by atoms with Gasteiger partial charge in [0.25, 0.3) is 0 Å². The number of hydrogen-bond donors (Lipinski definition) is 1. The summed E-state index contributed by atoms with van der Waals surface area (Å²) in [5.41, 5.74) is 2.98. The third-order valence-corrected chi connectivity index (χ3v) is 4.25. The Balaban J connectivity index is 1.67. The lowest BCUT2D eigenvalue weighted by atomic mass is 10.2. The minimum absolute atomic E-state index is 0.0302. The lowest BCUT2D eigenvalue weighted by Gasteiger charge is -1.99. The highest BCUT2D eigenvalue weighted by atomic mass is 32.1. The van der Waals surface area contributed by atoms with Gasteiger partial charge in [0.1, 0.15) is 0 Å². The molecule has 3 aromatic rings. The average molecular weight is 300 g/mol. The molecule has 0 saturated heterocycles. The molecule has 5 heteroatoms. The maximum Gasteiger partial charge on any atom is 0.230 e. The molecular weight excluding hydrogens is 288 g/mol. The molecule has 3 rings (SSSR count). The summed E-state index contributed by atoms with van der Waals surface area (Å²) in [6.45, 7) is 0. The average Bonchev–Trinajstić information content (AvgIpc) is 3.11. The zero-order valence-electron chi connectivity index (χ0n) is 10.6. The SMILES string of the molecule is O=C(Cc1ccsc1)Nc1nc(-c2ccccc2)cs1. The van der Waals surface area contributed by atoms with Gasteiger partial charge in [0.2, 0.25) is 5.91 Å². The first-order valence-electron chi connectivity index (χ1n) is 6.13. The van der Waals surface area contributed by atoms with Gasteiger partial charge >= 0.3 is 0 Å². The van der Waals surface area contributed by atoms with E-state index in [-0.39, 0.29) is 5.91 Å². The molecule has 0 spiro atoms. The van der Waals surface area contributed by atoms with Crippen LogP contribution >= 0.6 is 22.7 Å².